The van der Waals surface area contributed by atoms with Crippen molar-refractivity contribution in [3.05, 3.63) is 59.9 Å². The second kappa shape index (κ2) is 7.46. The van der Waals surface area contributed by atoms with Gasteiger partial charge in [-0.1, -0.05) is 18.2 Å². The molecule has 0 N–H and O–H groups in total. The summed E-state index contributed by atoms with van der Waals surface area (Å²) in [7, 11) is 0. The van der Waals surface area contributed by atoms with Crippen molar-refractivity contribution in [2.24, 2.45) is 0 Å². The molecule has 1 heterocycles. The van der Waals surface area contributed by atoms with E-state index < -0.39 is 0 Å². The molecule has 5 heteroatoms. The SMILES string of the molecule is N#CCCN(Cc1cccnc1)C(=O)c1ccccc1S. The highest BCUT2D eigenvalue weighted by molar-refractivity contribution is 7.80. The number of amides is 1. The van der Waals surface area contributed by atoms with Crippen LogP contribution in [0.3, 0.4) is 0 Å². The summed E-state index contributed by atoms with van der Waals surface area (Å²) in [6.45, 7) is 0.808. The lowest BCUT2D eigenvalue weighted by atomic mass is 10.1. The minimum Gasteiger partial charge on any atom is -0.333 e. The molecule has 2 rings (SSSR count). The molecule has 0 spiro atoms. The summed E-state index contributed by atoms with van der Waals surface area (Å²) < 4.78 is 0. The zero-order valence-corrected chi connectivity index (χ0v) is 12.3. The Labute approximate surface area is 129 Å². The van der Waals surface area contributed by atoms with E-state index in [4.69, 9.17) is 5.26 Å². The van der Waals surface area contributed by atoms with E-state index in [-0.39, 0.29) is 5.91 Å². The highest BCUT2D eigenvalue weighted by Crippen LogP contribution is 2.17. The van der Waals surface area contributed by atoms with Crippen LogP contribution >= 0.6 is 12.6 Å². The van der Waals surface area contributed by atoms with E-state index in [2.05, 4.69) is 23.7 Å². The molecule has 2 aromatic rings. The van der Waals surface area contributed by atoms with Gasteiger partial charge in [-0.2, -0.15) is 5.26 Å². The van der Waals surface area contributed by atoms with Crippen molar-refractivity contribution in [1.82, 2.24) is 9.88 Å². The maximum atomic E-state index is 12.6. The van der Waals surface area contributed by atoms with Gasteiger partial charge in [0.25, 0.3) is 5.91 Å². The molecular formula is C16H15N3OS. The van der Waals surface area contributed by atoms with Crippen molar-refractivity contribution in [2.45, 2.75) is 17.9 Å². The monoisotopic (exact) mass is 297 g/mol. The molecule has 0 unspecified atom stereocenters. The van der Waals surface area contributed by atoms with E-state index in [0.29, 0.717) is 30.0 Å². The zero-order chi connectivity index (χ0) is 15.1. The summed E-state index contributed by atoms with van der Waals surface area (Å²) in [6.07, 6.45) is 3.70. The number of hydrogen-bond donors (Lipinski definition) is 1. The molecule has 0 aliphatic heterocycles. The van der Waals surface area contributed by atoms with E-state index >= 15 is 0 Å². The minimum atomic E-state index is -0.125. The minimum absolute atomic E-state index is 0.125. The molecule has 1 amide bonds. The van der Waals surface area contributed by atoms with Crippen LogP contribution in [0.1, 0.15) is 22.3 Å². The molecule has 106 valence electrons. The van der Waals surface area contributed by atoms with Gasteiger partial charge in [-0.3, -0.25) is 9.78 Å². The Morgan fingerprint density at radius 3 is 2.76 bits per heavy atom. The Morgan fingerprint density at radius 1 is 1.29 bits per heavy atom. The lowest BCUT2D eigenvalue weighted by Crippen LogP contribution is -2.31. The van der Waals surface area contributed by atoms with Gasteiger partial charge in [-0.15, -0.1) is 12.6 Å². The predicted octanol–water partition coefficient (Wildman–Crippen LogP) is 2.93. The van der Waals surface area contributed by atoms with Crippen LogP contribution in [0.15, 0.2) is 53.7 Å². The third kappa shape index (κ3) is 4.07. The normalized spacial score (nSPS) is 9.90. The molecule has 0 aliphatic carbocycles. The fourth-order valence-corrected chi connectivity index (χ4v) is 2.23. The first-order chi connectivity index (χ1) is 10.2. The molecule has 4 nitrogen and oxygen atoms in total. The van der Waals surface area contributed by atoms with E-state index in [9.17, 15) is 4.79 Å². The Kier molecular flexibility index (Phi) is 5.35. The molecule has 21 heavy (non-hydrogen) atoms. The average Bonchev–Trinajstić information content (AvgIpc) is 2.52. The first-order valence-electron chi connectivity index (χ1n) is 6.55. The summed E-state index contributed by atoms with van der Waals surface area (Å²) in [5, 5.41) is 8.77. The molecule has 0 atom stereocenters. The maximum Gasteiger partial charge on any atom is 0.255 e. The quantitative estimate of drug-likeness (QED) is 0.863. The van der Waals surface area contributed by atoms with Gasteiger partial charge >= 0.3 is 0 Å². The second-order valence-electron chi connectivity index (χ2n) is 4.51. The number of carbonyl (C=O) groups excluding carboxylic acids is 1. The Morgan fingerprint density at radius 2 is 2.10 bits per heavy atom. The zero-order valence-electron chi connectivity index (χ0n) is 11.4. The Balaban J connectivity index is 2.21. The molecule has 0 saturated heterocycles. The van der Waals surface area contributed by atoms with Crippen LogP contribution in [-0.4, -0.2) is 22.3 Å². The molecule has 1 aromatic heterocycles. The largest absolute Gasteiger partial charge is 0.333 e. The van der Waals surface area contributed by atoms with Crippen molar-refractivity contribution >= 4 is 18.5 Å². The number of thiol groups is 1. The molecule has 0 fully saturated rings. The fourth-order valence-electron chi connectivity index (χ4n) is 1.97. The number of pyridine rings is 1. The first-order valence-corrected chi connectivity index (χ1v) is 7.00. The summed E-state index contributed by atoms with van der Waals surface area (Å²) in [5.41, 5.74) is 1.48. The lowest BCUT2D eigenvalue weighted by Gasteiger charge is -2.22. The number of aromatic nitrogens is 1. The summed E-state index contributed by atoms with van der Waals surface area (Å²) in [5.74, 6) is -0.125. The third-order valence-electron chi connectivity index (χ3n) is 3.01. The van der Waals surface area contributed by atoms with Gasteiger partial charge in [-0.25, -0.2) is 0 Å². The Hall–Kier alpha value is -2.32. The molecule has 0 aliphatic rings. The molecule has 0 saturated carbocycles. The van der Waals surface area contributed by atoms with Gasteiger partial charge in [-0.05, 0) is 23.8 Å². The highest BCUT2D eigenvalue weighted by Gasteiger charge is 2.17. The van der Waals surface area contributed by atoms with Gasteiger partial charge in [0.1, 0.15) is 0 Å². The smallest absolute Gasteiger partial charge is 0.255 e. The molecule has 0 bridgehead atoms. The topological polar surface area (TPSA) is 57.0 Å². The highest BCUT2D eigenvalue weighted by atomic mass is 32.1. The number of carbonyl (C=O) groups is 1. The van der Waals surface area contributed by atoms with E-state index in [1.807, 2.05) is 18.2 Å². The van der Waals surface area contributed by atoms with Crippen molar-refractivity contribution < 1.29 is 4.79 Å². The summed E-state index contributed by atoms with van der Waals surface area (Å²) in [4.78, 5) is 19.0. The third-order valence-corrected chi connectivity index (χ3v) is 3.40. The average molecular weight is 297 g/mol. The van der Waals surface area contributed by atoms with Crippen LogP contribution in [0.5, 0.6) is 0 Å². The van der Waals surface area contributed by atoms with Crippen LogP contribution in [-0.2, 0) is 6.54 Å². The van der Waals surface area contributed by atoms with Crippen LogP contribution in [0.4, 0.5) is 0 Å². The number of hydrogen-bond acceptors (Lipinski definition) is 4. The standard InChI is InChI=1S/C16H15N3OS/c17-8-4-10-19(12-13-5-3-9-18-11-13)16(20)14-6-1-2-7-15(14)21/h1-3,5-7,9,11,21H,4,10,12H2. The van der Waals surface area contributed by atoms with Crippen molar-refractivity contribution in [3.8, 4) is 6.07 Å². The van der Waals surface area contributed by atoms with E-state index in [0.717, 1.165) is 5.56 Å². The van der Waals surface area contributed by atoms with Crippen molar-refractivity contribution in [3.63, 3.8) is 0 Å². The van der Waals surface area contributed by atoms with Crippen LogP contribution in [0.2, 0.25) is 0 Å². The fraction of sp³-hybridized carbons (Fsp3) is 0.188. The molecular weight excluding hydrogens is 282 g/mol. The number of rotatable bonds is 5. The van der Waals surface area contributed by atoms with Crippen molar-refractivity contribution in [1.29, 1.82) is 5.26 Å². The van der Waals surface area contributed by atoms with Gasteiger partial charge < -0.3 is 4.90 Å². The summed E-state index contributed by atoms with van der Waals surface area (Å²) >= 11 is 4.32. The van der Waals surface area contributed by atoms with Crippen LogP contribution in [0.25, 0.3) is 0 Å². The summed E-state index contributed by atoms with van der Waals surface area (Å²) in [6, 6.07) is 13.0. The van der Waals surface area contributed by atoms with Gasteiger partial charge in [0, 0.05) is 30.4 Å². The van der Waals surface area contributed by atoms with Crippen molar-refractivity contribution in [2.75, 3.05) is 6.54 Å². The lowest BCUT2D eigenvalue weighted by molar-refractivity contribution is 0.0743. The Bertz CT molecular complexity index is 652. The van der Waals surface area contributed by atoms with Crippen LogP contribution < -0.4 is 0 Å². The molecule has 0 radical (unpaired) electrons. The molecule has 1 aromatic carbocycles. The van der Waals surface area contributed by atoms with E-state index in [1.165, 1.54) is 0 Å². The van der Waals surface area contributed by atoms with Gasteiger partial charge in [0.15, 0.2) is 0 Å². The second-order valence-corrected chi connectivity index (χ2v) is 5.00. The van der Waals surface area contributed by atoms with Gasteiger partial charge in [0.05, 0.1) is 18.1 Å². The predicted molar refractivity (Wildman–Crippen MR) is 82.9 cm³/mol. The van der Waals surface area contributed by atoms with Gasteiger partial charge in [0.2, 0.25) is 0 Å². The number of nitrogens with zero attached hydrogens (tertiary/aromatic N) is 3. The van der Waals surface area contributed by atoms with Crippen LogP contribution in [0, 0.1) is 11.3 Å². The first kappa shape index (κ1) is 15.1. The number of nitriles is 1. The van der Waals surface area contributed by atoms with E-state index in [1.54, 1.807) is 35.5 Å². The maximum absolute atomic E-state index is 12.6. The number of benzene rings is 1.